The Hall–Kier alpha value is -0.0900. The smallest absolute Gasteiger partial charge is 0.212 e. The highest BCUT2D eigenvalue weighted by Gasteiger charge is 2.23. The molecule has 1 heterocycles. The normalized spacial score (nSPS) is 25.1. The third-order valence-electron chi connectivity index (χ3n) is 3.12. The SMILES string of the molecule is CCCCS(=O)(=O)N1CCCC(C)CC1. The molecule has 4 heteroatoms. The fraction of sp³-hybridized carbons (Fsp3) is 1.00. The highest BCUT2D eigenvalue weighted by Crippen LogP contribution is 2.19. The lowest BCUT2D eigenvalue weighted by atomic mass is 10.0. The molecule has 0 N–H and O–H groups in total. The summed E-state index contributed by atoms with van der Waals surface area (Å²) in [5.74, 6) is 1.01. The van der Waals surface area contributed by atoms with Crippen LogP contribution in [-0.4, -0.2) is 31.6 Å². The topological polar surface area (TPSA) is 37.4 Å². The standard InChI is InChI=1S/C11H23NO2S/c1-3-4-10-15(13,14)12-8-5-6-11(2)7-9-12/h11H,3-10H2,1-2H3. The molecule has 3 nitrogen and oxygen atoms in total. The van der Waals surface area contributed by atoms with E-state index in [9.17, 15) is 8.42 Å². The summed E-state index contributed by atoms with van der Waals surface area (Å²) in [6.45, 7) is 5.70. The molecule has 0 aromatic carbocycles. The third kappa shape index (κ3) is 4.11. The molecule has 1 aliphatic rings. The highest BCUT2D eigenvalue weighted by atomic mass is 32.2. The largest absolute Gasteiger partial charge is 0.214 e. The van der Waals surface area contributed by atoms with Crippen LogP contribution in [0.4, 0.5) is 0 Å². The van der Waals surface area contributed by atoms with E-state index >= 15 is 0 Å². The van der Waals surface area contributed by atoms with Gasteiger partial charge in [-0.25, -0.2) is 12.7 Å². The third-order valence-corrected chi connectivity index (χ3v) is 5.08. The molecule has 1 fully saturated rings. The highest BCUT2D eigenvalue weighted by molar-refractivity contribution is 7.89. The van der Waals surface area contributed by atoms with Crippen molar-refractivity contribution in [2.75, 3.05) is 18.8 Å². The summed E-state index contributed by atoms with van der Waals surface area (Å²) in [5.41, 5.74) is 0. The van der Waals surface area contributed by atoms with Crippen molar-refractivity contribution in [3.63, 3.8) is 0 Å². The molecular weight excluding hydrogens is 210 g/mol. The van der Waals surface area contributed by atoms with E-state index in [-0.39, 0.29) is 0 Å². The van der Waals surface area contributed by atoms with Crippen LogP contribution in [0, 0.1) is 5.92 Å². The van der Waals surface area contributed by atoms with E-state index in [0.717, 1.165) is 38.8 Å². The van der Waals surface area contributed by atoms with Gasteiger partial charge in [0.25, 0.3) is 0 Å². The lowest BCUT2D eigenvalue weighted by Crippen LogP contribution is -2.33. The summed E-state index contributed by atoms with van der Waals surface area (Å²) < 4.78 is 25.6. The van der Waals surface area contributed by atoms with Gasteiger partial charge in [0.2, 0.25) is 10.0 Å². The van der Waals surface area contributed by atoms with Crippen LogP contribution >= 0.6 is 0 Å². The van der Waals surface area contributed by atoms with Crippen LogP contribution in [-0.2, 0) is 10.0 Å². The van der Waals surface area contributed by atoms with Crippen molar-refractivity contribution in [2.24, 2.45) is 5.92 Å². The molecule has 0 aliphatic carbocycles. The Balaban J connectivity index is 2.54. The van der Waals surface area contributed by atoms with Crippen molar-refractivity contribution in [2.45, 2.75) is 46.0 Å². The zero-order valence-corrected chi connectivity index (χ0v) is 10.7. The van der Waals surface area contributed by atoms with E-state index in [2.05, 4.69) is 6.92 Å². The summed E-state index contributed by atoms with van der Waals surface area (Å²) in [6.07, 6.45) is 4.94. The van der Waals surface area contributed by atoms with Gasteiger partial charge in [-0.05, 0) is 31.6 Å². The minimum atomic E-state index is -2.96. The Morgan fingerprint density at radius 2 is 2.00 bits per heavy atom. The molecular formula is C11H23NO2S. The van der Waals surface area contributed by atoms with Crippen molar-refractivity contribution in [1.29, 1.82) is 0 Å². The van der Waals surface area contributed by atoms with E-state index in [4.69, 9.17) is 0 Å². The predicted octanol–water partition coefficient (Wildman–Crippen LogP) is 2.24. The molecule has 15 heavy (non-hydrogen) atoms. The van der Waals surface area contributed by atoms with Crippen LogP contribution in [0.2, 0.25) is 0 Å². The van der Waals surface area contributed by atoms with Crippen molar-refractivity contribution >= 4 is 10.0 Å². The van der Waals surface area contributed by atoms with Crippen LogP contribution < -0.4 is 0 Å². The molecule has 1 aliphatic heterocycles. The van der Waals surface area contributed by atoms with Crippen molar-refractivity contribution in [3.8, 4) is 0 Å². The number of nitrogens with zero attached hydrogens (tertiary/aromatic N) is 1. The minimum Gasteiger partial charge on any atom is -0.212 e. The van der Waals surface area contributed by atoms with E-state index < -0.39 is 10.0 Å². The molecule has 0 saturated carbocycles. The molecule has 0 spiro atoms. The number of unbranched alkanes of at least 4 members (excludes halogenated alkanes) is 1. The first-order chi connectivity index (χ1) is 7.06. The average molecular weight is 233 g/mol. The summed E-state index contributed by atoms with van der Waals surface area (Å²) in [7, 11) is -2.96. The Bertz CT molecular complexity index is 274. The first kappa shape index (κ1) is 13.0. The monoisotopic (exact) mass is 233 g/mol. The van der Waals surface area contributed by atoms with Gasteiger partial charge in [-0.2, -0.15) is 0 Å². The van der Waals surface area contributed by atoms with Gasteiger partial charge in [0.1, 0.15) is 0 Å². The quantitative estimate of drug-likeness (QED) is 0.747. The van der Waals surface area contributed by atoms with Gasteiger partial charge in [0.15, 0.2) is 0 Å². The molecule has 0 radical (unpaired) electrons. The fourth-order valence-corrected chi connectivity index (χ4v) is 3.67. The molecule has 0 bridgehead atoms. The zero-order chi connectivity index (χ0) is 11.3. The lowest BCUT2D eigenvalue weighted by Gasteiger charge is -2.19. The van der Waals surface area contributed by atoms with Gasteiger partial charge in [0.05, 0.1) is 5.75 Å². The Labute approximate surface area is 93.9 Å². The van der Waals surface area contributed by atoms with Gasteiger partial charge < -0.3 is 0 Å². The summed E-state index contributed by atoms with van der Waals surface area (Å²) in [6, 6.07) is 0. The van der Waals surface area contributed by atoms with E-state index in [0.29, 0.717) is 11.7 Å². The maximum Gasteiger partial charge on any atom is 0.214 e. The molecule has 90 valence electrons. The number of rotatable bonds is 4. The van der Waals surface area contributed by atoms with Crippen molar-refractivity contribution in [3.05, 3.63) is 0 Å². The van der Waals surface area contributed by atoms with Crippen LogP contribution in [0.3, 0.4) is 0 Å². The van der Waals surface area contributed by atoms with Crippen LogP contribution in [0.1, 0.15) is 46.0 Å². The maximum absolute atomic E-state index is 11.9. The molecule has 1 rings (SSSR count). The second kappa shape index (κ2) is 5.85. The van der Waals surface area contributed by atoms with E-state index in [1.54, 1.807) is 4.31 Å². The lowest BCUT2D eigenvalue weighted by molar-refractivity contribution is 0.416. The van der Waals surface area contributed by atoms with Gasteiger partial charge in [-0.15, -0.1) is 0 Å². The first-order valence-corrected chi connectivity index (χ1v) is 7.65. The molecule has 1 unspecified atom stereocenters. The average Bonchev–Trinajstić information content (AvgIpc) is 2.40. The van der Waals surface area contributed by atoms with Gasteiger partial charge in [-0.3, -0.25) is 0 Å². The molecule has 1 atom stereocenters. The fourth-order valence-electron chi connectivity index (χ4n) is 1.97. The van der Waals surface area contributed by atoms with Crippen LogP contribution in [0.5, 0.6) is 0 Å². The second-order valence-corrected chi connectivity index (χ2v) is 6.69. The first-order valence-electron chi connectivity index (χ1n) is 6.04. The summed E-state index contributed by atoms with van der Waals surface area (Å²) in [4.78, 5) is 0. The molecule has 0 amide bonds. The van der Waals surface area contributed by atoms with Crippen LogP contribution in [0.25, 0.3) is 0 Å². The summed E-state index contributed by atoms with van der Waals surface area (Å²) >= 11 is 0. The predicted molar refractivity (Wildman–Crippen MR) is 63.3 cm³/mol. The van der Waals surface area contributed by atoms with Gasteiger partial charge in [0, 0.05) is 13.1 Å². The Morgan fingerprint density at radius 3 is 2.67 bits per heavy atom. The van der Waals surface area contributed by atoms with Gasteiger partial charge in [-0.1, -0.05) is 20.3 Å². The van der Waals surface area contributed by atoms with Gasteiger partial charge >= 0.3 is 0 Å². The zero-order valence-electron chi connectivity index (χ0n) is 9.91. The number of hydrogen-bond donors (Lipinski definition) is 0. The molecule has 1 saturated heterocycles. The second-order valence-electron chi connectivity index (χ2n) is 4.60. The van der Waals surface area contributed by atoms with E-state index in [1.165, 1.54) is 6.42 Å². The maximum atomic E-state index is 11.9. The number of sulfonamides is 1. The van der Waals surface area contributed by atoms with Crippen LogP contribution in [0.15, 0.2) is 0 Å². The minimum absolute atomic E-state index is 0.331. The van der Waals surface area contributed by atoms with E-state index in [1.807, 2.05) is 6.92 Å². The summed E-state index contributed by atoms with van der Waals surface area (Å²) in [5, 5.41) is 0. The van der Waals surface area contributed by atoms with Crippen molar-refractivity contribution in [1.82, 2.24) is 4.31 Å². The Morgan fingerprint density at radius 1 is 1.27 bits per heavy atom. The molecule has 0 aromatic heterocycles. The molecule has 0 aromatic rings. The Kier molecular flexibility index (Phi) is 5.06. The van der Waals surface area contributed by atoms with Crippen molar-refractivity contribution < 1.29 is 8.42 Å². The number of hydrogen-bond acceptors (Lipinski definition) is 2.